The van der Waals surface area contributed by atoms with Crippen molar-refractivity contribution in [2.45, 2.75) is 13.1 Å². The molecule has 6 nitrogen and oxygen atoms in total. The second-order valence-corrected chi connectivity index (χ2v) is 5.83. The van der Waals surface area contributed by atoms with Crippen molar-refractivity contribution in [3.8, 4) is 5.75 Å². The summed E-state index contributed by atoms with van der Waals surface area (Å²) in [4.78, 5) is 25.7. The van der Waals surface area contributed by atoms with Crippen molar-refractivity contribution in [3.05, 3.63) is 65.7 Å². The highest BCUT2D eigenvalue weighted by atomic mass is 16.5. The number of amides is 1. The molecule has 2 aromatic carbocycles. The van der Waals surface area contributed by atoms with Gasteiger partial charge in [0.05, 0.1) is 27.3 Å². The van der Waals surface area contributed by atoms with Crippen LogP contribution in [0.1, 0.15) is 11.1 Å². The Balaban J connectivity index is 1.90. The molecule has 2 aromatic rings. The normalized spacial score (nSPS) is 10.4. The summed E-state index contributed by atoms with van der Waals surface area (Å²) < 4.78 is 9.84. The molecular formula is C20H24N2O4. The Bertz CT molecular complexity index is 702. The SMILES string of the molecule is COC(=O)CN(CC(=O)NCc1ccc(OC)cc1)Cc1ccccc1. The molecule has 0 aliphatic rings. The zero-order valence-electron chi connectivity index (χ0n) is 15.1. The fourth-order valence-electron chi connectivity index (χ4n) is 2.46. The van der Waals surface area contributed by atoms with Crippen LogP contribution in [0, 0.1) is 0 Å². The number of nitrogens with zero attached hydrogens (tertiary/aromatic N) is 1. The largest absolute Gasteiger partial charge is 0.497 e. The first kappa shape index (κ1) is 19.5. The van der Waals surface area contributed by atoms with Gasteiger partial charge in [0.2, 0.25) is 5.91 Å². The zero-order chi connectivity index (χ0) is 18.8. The minimum Gasteiger partial charge on any atom is -0.497 e. The van der Waals surface area contributed by atoms with Crippen molar-refractivity contribution in [1.29, 1.82) is 0 Å². The standard InChI is InChI=1S/C20H24N2O4/c1-25-18-10-8-16(9-11-18)12-21-19(23)14-22(15-20(24)26-2)13-17-6-4-3-5-7-17/h3-11H,12-15H2,1-2H3,(H,21,23). The Labute approximate surface area is 153 Å². The quantitative estimate of drug-likeness (QED) is 0.696. The summed E-state index contributed by atoms with van der Waals surface area (Å²) in [6.07, 6.45) is 0. The minimum atomic E-state index is -0.371. The molecule has 26 heavy (non-hydrogen) atoms. The van der Waals surface area contributed by atoms with Gasteiger partial charge in [-0.05, 0) is 23.3 Å². The molecule has 0 aliphatic carbocycles. The molecule has 0 aromatic heterocycles. The highest BCUT2D eigenvalue weighted by Gasteiger charge is 2.15. The lowest BCUT2D eigenvalue weighted by molar-refractivity contribution is -0.142. The maximum Gasteiger partial charge on any atom is 0.319 e. The number of rotatable bonds is 9. The summed E-state index contributed by atoms with van der Waals surface area (Å²) in [5.74, 6) is 0.247. The van der Waals surface area contributed by atoms with Crippen LogP contribution in [-0.2, 0) is 27.4 Å². The van der Waals surface area contributed by atoms with Crippen LogP contribution in [-0.4, -0.2) is 44.1 Å². The van der Waals surface area contributed by atoms with E-state index in [1.807, 2.05) is 54.6 Å². The van der Waals surface area contributed by atoms with Crippen molar-refractivity contribution < 1.29 is 19.1 Å². The fraction of sp³-hybridized carbons (Fsp3) is 0.300. The van der Waals surface area contributed by atoms with Gasteiger partial charge in [0.25, 0.3) is 0 Å². The number of esters is 1. The molecule has 0 atom stereocenters. The Morgan fingerprint density at radius 1 is 0.923 bits per heavy atom. The van der Waals surface area contributed by atoms with Gasteiger partial charge in [0, 0.05) is 13.1 Å². The number of carbonyl (C=O) groups is 2. The number of ether oxygens (including phenoxy) is 2. The summed E-state index contributed by atoms with van der Waals surface area (Å²) in [7, 11) is 2.95. The molecule has 0 bridgehead atoms. The summed E-state index contributed by atoms with van der Waals surface area (Å²) in [5.41, 5.74) is 2.00. The van der Waals surface area contributed by atoms with Crippen molar-refractivity contribution in [1.82, 2.24) is 10.2 Å². The summed E-state index contributed by atoms with van der Waals surface area (Å²) >= 11 is 0. The molecule has 6 heteroatoms. The van der Waals surface area contributed by atoms with Crippen molar-refractivity contribution in [3.63, 3.8) is 0 Å². The molecule has 2 rings (SSSR count). The van der Waals surface area contributed by atoms with E-state index >= 15 is 0 Å². The molecule has 0 heterocycles. The predicted octanol–water partition coefficient (Wildman–Crippen LogP) is 1.99. The van der Waals surface area contributed by atoms with Crippen molar-refractivity contribution >= 4 is 11.9 Å². The first-order valence-electron chi connectivity index (χ1n) is 8.33. The number of benzene rings is 2. The number of carbonyl (C=O) groups excluding carboxylic acids is 2. The van der Waals surface area contributed by atoms with E-state index in [2.05, 4.69) is 5.32 Å². The maximum atomic E-state index is 12.3. The number of nitrogens with one attached hydrogen (secondary N) is 1. The topological polar surface area (TPSA) is 67.9 Å². The Morgan fingerprint density at radius 2 is 1.62 bits per heavy atom. The minimum absolute atomic E-state index is 0.0569. The molecule has 0 spiro atoms. The molecule has 0 radical (unpaired) electrons. The van der Waals surface area contributed by atoms with E-state index in [1.54, 1.807) is 12.0 Å². The van der Waals surface area contributed by atoms with E-state index in [9.17, 15) is 9.59 Å². The van der Waals surface area contributed by atoms with Crippen LogP contribution in [0.25, 0.3) is 0 Å². The number of methoxy groups -OCH3 is 2. The van der Waals surface area contributed by atoms with Gasteiger partial charge in [-0.15, -0.1) is 0 Å². The number of hydrogen-bond acceptors (Lipinski definition) is 5. The van der Waals surface area contributed by atoms with Crippen LogP contribution in [0.3, 0.4) is 0 Å². The molecule has 138 valence electrons. The highest BCUT2D eigenvalue weighted by molar-refractivity contribution is 5.79. The first-order valence-corrected chi connectivity index (χ1v) is 8.33. The third-order valence-electron chi connectivity index (χ3n) is 3.85. The van der Waals surface area contributed by atoms with Crippen LogP contribution < -0.4 is 10.1 Å². The first-order chi connectivity index (χ1) is 12.6. The van der Waals surface area contributed by atoms with Gasteiger partial charge in [-0.3, -0.25) is 14.5 Å². The van der Waals surface area contributed by atoms with E-state index < -0.39 is 0 Å². The fourth-order valence-corrected chi connectivity index (χ4v) is 2.46. The van der Waals surface area contributed by atoms with Crippen LogP contribution >= 0.6 is 0 Å². The highest BCUT2D eigenvalue weighted by Crippen LogP contribution is 2.11. The Morgan fingerprint density at radius 3 is 2.23 bits per heavy atom. The van der Waals surface area contributed by atoms with E-state index in [0.717, 1.165) is 16.9 Å². The van der Waals surface area contributed by atoms with Gasteiger partial charge in [0.15, 0.2) is 0 Å². The Kier molecular flexibility index (Phi) is 7.64. The average Bonchev–Trinajstić information content (AvgIpc) is 2.67. The molecule has 0 saturated carbocycles. The zero-order valence-corrected chi connectivity index (χ0v) is 15.1. The third kappa shape index (κ3) is 6.57. The van der Waals surface area contributed by atoms with Crippen LogP contribution in [0.15, 0.2) is 54.6 Å². The van der Waals surface area contributed by atoms with Crippen molar-refractivity contribution in [2.24, 2.45) is 0 Å². The monoisotopic (exact) mass is 356 g/mol. The summed E-state index contributed by atoms with van der Waals surface area (Å²) in [5, 5.41) is 2.87. The second kappa shape index (κ2) is 10.2. The third-order valence-corrected chi connectivity index (χ3v) is 3.85. The van der Waals surface area contributed by atoms with Crippen LogP contribution in [0.5, 0.6) is 5.75 Å². The molecule has 1 N–H and O–H groups in total. The van der Waals surface area contributed by atoms with E-state index in [4.69, 9.17) is 9.47 Å². The lowest BCUT2D eigenvalue weighted by Crippen LogP contribution is -2.39. The number of hydrogen-bond donors (Lipinski definition) is 1. The van der Waals surface area contributed by atoms with Gasteiger partial charge in [-0.1, -0.05) is 42.5 Å². The smallest absolute Gasteiger partial charge is 0.319 e. The van der Waals surface area contributed by atoms with Crippen LogP contribution in [0.4, 0.5) is 0 Å². The van der Waals surface area contributed by atoms with E-state index in [-0.39, 0.29) is 25.0 Å². The van der Waals surface area contributed by atoms with Gasteiger partial charge in [0.1, 0.15) is 5.75 Å². The van der Waals surface area contributed by atoms with Gasteiger partial charge >= 0.3 is 5.97 Å². The summed E-state index contributed by atoms with van der Waals surface area (Å²) in [6.45, 7) is 1.08. The van der Waals surface area contributed by atoms with Gasteiger partial charge in [-0.2, -0.15) is 0 Å². The molecule has 0 saturated heterocycles. The van der Waals surface area contributed by atoms with E-state index in [1.165, 1.54) is 7.11 Å². The predicted molar refractivity (Wildman–Crippen MR) is 98.6 cm³/mol. The molecule has 0 fully saturated rings. The van der Waals surface area contributed by atoms with Crippen LogP contribution in [0.2, 0.25) is 0 Å². The molecule has 0 unspecified atom stereocenters. The molecule has 0 aliphatic heterocycles. The molecule has 1 amide bonds. The second-order valence-electron chi connectivity index (χ2n) is 5.83. The lowest BCUT2D eigenvalue weighted by atomic mass is 10.2. The summed E-state index contributed by atoms with van der Waals surface area (Å²) in [6, 6.07) is 17.2. The van der Waals surface area contributed by atoms with E-state index in [0.29, 0.717) is 13.1 Å². The Hall–Kier alpha value is -2.86. The van der Waals surface area contributed by atoms with Gasteiger partial charge in [-0.25, -0.2) is 0 Å². The lowest BCUT2D eigenvalue weighted by Gasteiger charge is -2.20. The molecular weight excluding hydrogens is 332 g/mol. The van der Waals surface area contributed by atoms with Crippen molar-refractivity contribution in [2.75, 3.05) is 27.3 Å². The average molecular weight is 356 g/mol. The van der Waals surface area contributed by atoms with Gasteiger partial charge < -0.3 is 14.8 Å². The maximum absolute atomic E-state index is 12.3.